The van der Waals surface area contributed by atoms with Gasteiger partial charge in [-0.3, -0.25) is 9.52 Å². The second kappa shape index (κ2) is 6.97. The van der Waals surface area contributed by atoms with Gasteiger partial charge in [0.05, 0.1) is 11.9 Å². The van der Waals surface area contributed by atoms with Gasteiger partial charge >= 0.3 is 0 Å². The minimum atomic E-state index is -3.23. The number of aryl methyl sites for hydroxylation is 1. The molecule has 0 aliphatic rings. The van der Waals surface area contributed by atoms with Crippen molar-refractivity contribution in [3.8, 4) is 0 Å². The fraction of sp³-hybridized carbons (Fsp3) is 0.364. The Labute approximate surface area is 107 Å². The average Bonchev–Trinajstić information content (AvgIpc) is 2.14. The van der Waals surface area contributed by atoms with E-state index in [-0.39, 0.29) is 0 Å². The van der Waals surface area contributed by atoms with Crippen LogP contribution >= 0.6 is 0 Å². The summed E-state index contributed by atoms with van der Waals surface area (Å²) in [7, 11) is -3.23. The fourth-order valence-electron chi connectivity index (χ4n) is 1.27. The lowest BCUT2D eigenvalue weighted by Gasteiger charge is -2.11. The highest BCUT2D eigenvalue weighted by Crippen LogP contribution is 2.19. The highest BCUT2D eigenvalue weighted by molar-refractivity contribution is 7.92. The van der Waals surface area contributed by atoms with Crippen LogP contribution in [0.3, 0.4) is 0 Å². The van der Waals surface area contributed by atoms with Gasteiger partial charge in [0.25, 0.3) is 5.97 Å². The Morgan fingerprint density at radius 3 is 2.33 bits per heavy atom. The number of carbonyl (C=O) groups is 1. The third kappa shape index (κ3) is 6.87. The molecule has 7 heteroatoms. The molecule has 0 saturated heterocycles. The second-order valence-electron chi connectivity index (χ2n) is 3.70. The molecule has 0 heterocycles. The van der Waals surface area contributed by atoms with Crippen molar-refractivity contribution in [1.29, 1.82) is 0 Å². The van der Waals surface area contributed by atoms with Crippen molar-refractivity contribution in [3.63, 3.8) is 0 Å². The fourth-order valence-corrected chi connectivity index (χ4v) is 1.86. The summed E-state index contributed by atoms with van der Waals surface area (Å²) < 4.78 is 24.5. The Hall–Kier alpha value is -1.60. The van der Waals surface area contributed by atoms with Crippen LogP contribution in [0.25, 0.3) is 0 Å². The predicted molar refractivity (Wildman–Crippen MR) is 70.8 cm³/mol. The van der Waals surface area contributed by atoms with Crippen molar-refractivity contribution >= 4 is 21.7 Å². The maximum Gasteiger partial charge on any atom is 0.300 e. The van der Waals surface area contributed by atoms with E-state index >= 15 is 0 Å². The normalized spacial score (nSPS) is 10.2. The lowest BCUT2D eigenvalue weighted by Crippen LogP contribution is -2.13. The van der Waals surface area contributed by atoms with Gasteiger partial charge in [-0.15, -0.1) is 0 Å². The Kier molecular flexibility index (Phi) is 6.35. The molecule has 0 aromatic heterocycles. The Morgan fingerprint density at radius 2 is 1.94 bits per heavy atom. The minimum absolute atomic E-state index is 0.324. The van der Waals surface area contributed by atoms with Crippen LogP contribution in [0, 0.1) is 6.92 Å². The highest BCUT2D eigenvalue weighted by atomic mass is 32.2. The van der Waals surface area contributed by atoms with E-state index in [1.54, 1.807) is 12.1 Å². The number of hydrogen-bond donors (Lipinski definition) is 3. The maximum atomic E-state index is 11.0. The van der Waals surface area contributed by atoms with Crippen LogP contribution in [0.15, 0.2) is 18.2 Å². The van der Waals surface area contributed by atoms with Gasteiger partial charge in [-0.25, -0.2) is 8.42 Å². The lowest BCUT2D eigenvalue weighted by atomic mass is 10.1. The molecular formula is C11H18N2O4S. The highest BCUT2D eigenvalue weighted by Gasteiger charge is 2.07. The molecule has 1 aromatic carbocycles. The monoisotopic (exact) mass is 274 g/mol. The second-order valence-corrected chi connectivity index (χ2v) is 5.45. The summed E-state index contributed by atoms with van der Waals surface area (Å²) in [6.07, 6.45) is 1.12. The van der Waals surface area contributed by atoms with Crippen molar-refractivity contribution in [3.05, 3.63) is 29.3 Å². The zero-order valence-corrected chi connectivity index (χ0v) is 11.4. The van der Waals surface area contributed by atoms with Gasteiger partial charge in [-0.2, -0.15) is 0 Å². The minimum Gasteiger partial charge on any atom is -0.481 e. The number of hydrogen-bond acceptors (Lipinski definition) is 4. The summed E-state index contributed by atoms with van der Waals surface area (Å²) in [5, 5.41) is 7.42. The van der Waals surface area contributed by atoms with Crippen molar-refractivity contribution in [2.24, 2.45) is 5.73 Å². The summed E-state index contributed by atoms with van der Waals surface area (Å²) >= 11 is 0. The van der Waals surface area contributed by atoms with Crippen molar-refractivity contribution < 1.29 is 18.3 Å². The van der Waals surface area contributed by atoms with Crippen LogP contribution in [0.2, 0.25) is 0 Å². The Balaban J connectivity index is 0.000000631. The Bertz CT molecular complexity index is 508. The quantitative estimate of drug-likeness (QED) is 0.759. The number of nitrogens with one attached hydrogen (secondary N) is 1. The first-order valence-corrected chi connectivity index (χ1v) is 7.02. The topological polar surface area (TPSA) is 109 Å². The summed E-state index contributed by atoms with van der Waals surface area (Å²) in [4.78, 5) is 9.00. The van der Waals surface area contributed by atoms with Crippen LogP contribution in [-0.2, 0) is 21.4 Å². The van der Waals surface area contributed by atoms with Gasteiger partial charge in [0, 0.05) is 13.5 Å². The molecule has 0 spiro atoms. The standard InChI is InChI=1S/C9H14N2O2S.C2H4O2/c1-7-4-3-5-9(8(7)6-10)11-14(2,12)13;1-2(3)4/h3-5,11H,6,10H2,1-2H3;1H3,(H,3,4). The summed E-state index contributed by atoms with van der Waals surface area (Å²) in [6.45, 7) is 3.31. The van der Waals surface area contributed by atoms with E-state index in [4.69, 9.17) is 15.6 Å². The molecule has 0 aliphatic heterocycles. The van der Waals surface area contributed by atoms with Crippen LogP contribution in [0.1, 0.15) is 18.1 Å². The third-order valence-electron chi connectivity index (χ3n) is 1.91. The van der Waals surface area contributed by atoms with E-state index < -0.39 is 16.0 Å². The largest absolute Gasteiger partial charge is 0.481 e. The SMILES string of the molecule is CC(=O)O.Cc1cccc(NS(C)(=O)=O)c1CN. The average molecular weight is 274 g/mol. The molecule has 4 N–H and O–H groups in total. The number of sulfonamides is 1. The number of anilines is 1. The van der Waals surface area contributed by atoms with Gasteiger partial charge in [0.1, 0.15) is 0 Å². The molecule has 0 radical (unpaired) electrons. The van der Waals surface area contributed by atoms with Crippen LogP contribution < -0.4 is 10.5 Å². The van der Waals surface area contributed by atoms with E-state index in [1.807, 2.05) is 13.0 Å². The van der Waals surface area contributed by atoms with Crippen LogP contribution in [-0.4, -0.2) is 25.7 Å². The molecular weight excluding hydrogens is 256 g/mol. The number of nitrogens with two attached hydrogens (primary N) is 1. The zero-order valence-electron chi connectivity index (χ0n) is 10.6. The van der Waals surface area contributed by atoms with E-state index in [2.05, 4.69) is 4.72 Å². The zero-order chi connectivity index (χ0) is 14.3. The Morgan fingerprint density at radius 1 is 1.44 bits per heavy atom. The summed E-state index contributed by atoms with van der Waals surface area (Å²) in [5.74, 6) is -0.833. The van der Waals surface area contributed by atoms with E-state index in [0.717, 1.165) is 24.3 Å². The molecule has 1 aromatic rings. The van der Waals surface area contributed by atoms with Crippen molar-refractivity contribution in [2.75, 3.05) is 11.0 Å². The van der Waals surface area contributed by atoms with Gasteiger partial charge in [0.15, 0.2) is 0 Å². The molecule has 0 unspecified atom stereocenters. The first-order chi connectivity index (χ1) is 8.17. The molecule has 0 aliphatic carbocycles. The number of benzene rings is 1. The molecule has 6 nitrogen and oxygen atoms in total. The van der Waals surface area contributed by atoms with Gasteiger partial charge in [0.2, 0.25) is 10.0 Å². The van der Waals surface area contributed by atoms with Crippen molar-refractivity contribution in [1.82, 2.24) is 0 Å². The van der Waals surface area contributed by atoms with E-state index in [1.165, 1.54) is 0 Å². The van der Waals surface area contributed by atoms with Gasteiger partial charge < -0.3 is 10.8 Å². The number of carboxylic acids is 1. The lowest BCUT2D eigenvalue weighted by molar-refractivity contribution is -0.134. The van der Waals surface area contributed by atoms with Crippen molar-refractivity contribution in [2.45, 2.75) is 20.4 Å². The molecule has 0 amide bonds. The molecule has 0 atom stereocenters. The maximum absolute atomic E-state index is 11.0. The molecule has 0 saturated carbocycles. The van der Waals surface area contributed by atoms with Crippen LogP contribution in [0.5, 0.6) is 0 Å². The van der Waals surface area contributed by atoms with E-state index in [0.29, 0.717) is 12.2 Å². The van der Waals surface area contributed by atoms with Crippen LogP contribution in [0.4, 0.5) is 5.69 Å². The number of carboxylic acid groups (broad SMARTS) is 1. The number of rotatable bonds is 3. The van der Waals surface area contributed by atoms with E-state index in [9.17, 15) is 8.42 Å². The molecule has 1 rings (SSSR count). The molecule has 102 valence electrons. The molecule has 18 heavy (non-hydrogen) atoms. The first-order valence-electron chi connectivity index (χ1n) is 5.13. The van der Waals surface area contributed by atoms with Gasteiger partial charge in [-0.05, 0) is 24.1 Å². The predicted octanol–water partition coefficient (Wildman–Crippen LogP) is 0.916. The van der Waals surface area contributed by atoms with Gasteiger partial charge in [-0.1, -0.05) is 12.1 Å². The number of aliphatic carboxylic acids is 1. The molecule has 0 bridgehead atoms. The first kappa shape index (κ1) is 16.4. The third-order valence-corrected chi connectivity index (χ3v) is 2.50. The smallest absolute Gasteiger partial charge is 0.300 e. The summed E-state index contributed by atoms with van der Waals surface area (Å²) in [6, 6.07) is 5.40. The molecule has 0 fully saturated rings. The summed E-state index contributed by atoms with van der Waals surface area (Å²) in [5.41, 5.74) is 7.92.